The number of benzene rings is 2. The van der Waals surface area contributed by atoms with Crippen molar-refractivity contribution >= 4 is 39.6 Å². The highest BCUT2D eigenvalue weighted by molar-refractivity contribution is 8.15. The molecular formula is C22H22N2O5S. The molecule has 1 unspecified atom stereocenters. The monoisotopic (exact) mass is 426 g/mol. The van der Waals surface area contributed by atoms with Crippen molar-refractivity contribution in [1.29, 1.82) is 0 Å². The molecule has 4 rings (SSSR count). The number of fused-ring (bicyclic) bond motifs is 2. The number of aliphatic imine (C=N–C) groups is 1. The van der Waals surface area contributed by atoms with Gasteiger partial charge in [0.2, 0.25) is 5.91 Å². The molecule has 0 bridgehead atoms. The van der Waals surface area contributed by atoms with Gasteiger partial charge in [-0.2, -0.15) is 0 Å². The predicted molar refractivity (Wildman–Crippen MR) is 116 cm³/mol. The number of carbonyl (C=O) groups is 2. The lowest BCUT2D eigenvalue weighted by Gasteiger charge is -2.34. The van der Waals surface area contributed by atoms with Crippen molar-refractivity contribution in [1.82, 2.24) is 4.90 Å². The van der Waals surface area contributed by atoms with Crippen LogP contribution in [0.3, 0.4) is 0 Å². The van der Waals surface area contributed by atoms with Crippen LogP contribution in [0.1, 0.15) is 25.5 Å². The highest BCUT2D eigenvalue weighted by atomic mass is 32.2. The van der Waals surface area contributed by atoms with Gasteiger partial charge in [-0.1, -0.05) is 23.9 Å². The summed E-state index contributed by atoms with van der Waals surface area (Å²) in [5.74, 6) is 0.910. The molecule has 1 fully saturated rings. The molecule has 0 radical (unpaired) electrons. The molecule has 2 aromatic carbocycles. The fourth-order valence-corrected chi connectivity index (χ4v) is 4.81. The van der Waals surface area contributed by atoms with E-state index >= 15 is 0 Å². The third-order valence-corrected chi connectivity index (χ3v) is 6.14. The molecule has 2 heterocycles. The minimum atomic E-state index is -0.704. The first-order valence-electron chi connectivity index (χ1n) is 9.56. The van der Waals surface area contributed by atoms with Crippen LogP contribution in [-0.2, 0) is 14.3 Å². The van der Waals surface area contributed by atoms with E-state index in [1.165, 1.54) is 11.8 Å². The van der Waals surface area contributed by atoms with Gasteiger partial charge in [0, 0.05) is 5.56 Å². The first-order valence-corrected chi connectivity index (χ1v) is 10.5. The first kappa shape index (κ1) is 20.3. The van der Waals surface area contributed by atoms with Gasteiger partial charge in [-0.15, -0.1) is 0 Å². The maximum atomic E-state index is 13.0. The summed E-state index contributed by atoms with van der Waals surface area (Å²) >= 11 is 1.36. The lowest BCUT2D eigenvalue weighted by atomic mass is 9.89. The van der Waals surface area contributed by atoms with Gasteiger partial charge in [-0.3, -0.25) is 9.69 Å². The van der Waals surface area contributed by atoms with Crippen LogP contribution in [0.5, 0.6) is 11.5 Å². The number of rotatable bonds is 5. The number of thioether (sulfide) groups is 1. The number of esters is 1. The molecule has 0 N–H and O–H groups in total. The minimum absolute atomic E-state index is 0.111. The van der Waals surface area contributed by atoms with E-state index < -0.39 is 12.0 Å². The number of nitrogens with zero attached hydrogens (tertiary/aromatic N) is 2. The molecule has 0 saturated carbocycles. The Hall–Kier alpha value is -3.00. The zero-order valence-corrected chi connectivity index (χ0v) is 18.0. The Balaban J connectivity index is 2.04. The quantitative estimate of drug-likeness (QED) is 0.679. The molecule has 2 aromatic rings. The number of ether oxygens (including phenoxy) is 3. The molecular weight excluding hydrogens is 404 g/mol. The van der Waals surface area contributed by atoms with Crippen molar-refractivity contribution in [3.8, 4) is 11.5 Å². The van der Waals surface area contributed by atoms with Crippen molar-refractivity contribution in [2.24, 2.45) is 4.99 Å². The second kappa shape index (κ2) is 8.02. The average Bonchev–Trinajstić information content (AvgIpc) is 3.11. The van der Waals surface area contributed by atoms with Crippen molar-refractivity contribution < 1.29 is 23.8 Å². The fraction of sp³-hybridized carbons (Fsp3) is 0.318. The Kier molecular flexibility index (Phi) is 5.42. The minimum Gasteiger partial charge on any atom is -0.497 e. The molecule has 7 nitrogen and oxygen atoms in total. The van der Waals surface area contributed by atoms with Gasteiger partial charge in [-0.25, -0.2) is 9.79 Å². The second-order valence-corrected chi connectivity index (χ2v) is 7.78. The van der Waals surface area contributed by atoms with Gasteiger partial charge in [0.1, 0.15) is 17.5 Å². The Bertz CT molecular complexity index is 1100. The Morgan fingerprint density at radius 3 is 2.70 bits per heavy atom. The van der Waals surface area contributed by atoms with Crippen LogP contribution in [0.15, 0.2) is 46.6 Å². The molecule has 8 heteroatoms. The van der Waals surface area contributed by atoms with Crippen LogP contribution in [0.4, 0.5) is 0 Å². The summed E-state index contributed by atoms with van der Waals surface area (Å²) < 4.78 is 16.5. The first-order chi connectivity index (χ1) is 14.5. The number of allylic oxidation sites excluding steroid dienone is 1. The topological polar surface area (TPSA) is 77.4 Å². The van der Waals surface area contributed by atoms with Gasteiger partial charge in [0.05, 0.1) is 37.8 Å². The molecule has 0 aromatic heterocycles. The molecule has 30 heavy (non-hydrogen) atoms. The van der Waals surface area contributed by atoms with E-state index in [2.05, 4.69) is 4.99 Å². The van der Waals surface area contributed by atoms with Crippen LogP contribution in [0.2, 0.25) is 0 Å². The third kappa shape index (κ3) is 3.21. The Labute approximate surface area is 178 Å². The molecule has 0 aliphatic carbocycles. The van der Waals surface area contributed by atoms with Crippen molar-refractivity contribution in [3.63, 3.8) is 0 Å². The van der Waals surface area contributed by atoms with Crippen LogP contribution in [0, 0.1) is 0 Å². The molecule has 2 aliphatic rings. The lowest BCUT2D eigenvalue weighted by molar-refractivity contribution is -0.139. The molecule has 1 atom stereocenters. The van der Waals surface area contributed by atoms with E-state index in [4.69, 9.17) is 14.2 Å². The average molecular weight is 426 g/mol. The lowest BCUT2D eigenvalue weighted by Crippen LogP contribution is -2.40. The van der Waals surface area contributed by atoms with Gasteiger partial charge < -0.3 is 14.2 Å². The van der Waals surface area contributed by atoms with Crippen molar-refractivity contribution in [3.05, 3.63) is 47.2 Å². The van der Waals surface area contributed by atoms with Crippen LogP contribution >= 0.6 is 11.8 Å². The summed E-state index contributed by atoms with van der Waals surface area (Å²) in [5, 5.41) is 2.35. The fourth-order valence-electron chi connectivity index (χ4n) is 3.87. The van der Waals surface area contributed by atoms with E-state index in [1.807, 2.05) is 30.3 Å². The molecule has 156 valence electrons. The van der Waals surface area contributed by atoms with E-state index in [-0.39, 0.29) is 18.3 Å². The molecule has 1 amide bonds. The van der Waals surface area contributed by atoms with Crippen molar-refractivity contribution in [2.75, 3.05) is 26.6 Å². The van der Waals surface area contributed by atoms with Gasteiger partial charge in [-0.05, 0) is 42.8 Å². The highest BCUT2D eigenvalue weighted by Gasteiger charge is 2.45. The summed E-state index contributed by atoms with van der Waals surface area (Å²) in [6, 6.07) is 8.79. The van der Waals surface area contributed by atoms with Crippen LogP contribution in [-0.4, -0.2) is 48.5 Å². The Morgan fingerprint density at radius 1 is 1.23 bits per heavy atom. The highest BCUT2D eigenvalue weighted by Crippen LogP contribution is 2.46. The third-order valence-electron chi connectivity index (χ3n) is 5.20. The largest absolute Gasteiger partial charge is 0.497 e. The predicted octanol–water partition coefficient (Wildman–Crippen LogP) is 3.68. The Morgan fingerprint density at radius 2 is 2.00 bits per heavy atom. The number of methoxy groups -OCH3 is 2. The standard InChI is InChI=1S/C22H22N2O5S/c1-5-29-21(26)18-12(2)23-22-24(17(25)11-30-22)20(18)19-15-10-14(27-3)8-6-13(15)7-9-16(19)28-4/h6-10,20H,5,11H2,1-4H3. The zero-order valence-electron chi connectivity index (χ0n) is 17.2. The second-order valence-electron chi connectivity index (χ2n) is 6.84. The molecule has 1 saturated heterocycles. The van der Waals surface area contributed by atoms with E-state index in [0.29, 0.717) is 33.5 Å². The number of carbonyl (C=O) groups excluding carboxylic acids is 2. The zero-order chi connectivity index (χ0) is 21.4. The number of hydrogen-bond acceptors (Lipinski definition) is 7. The summed E-state index contributed by atoms with van der Waals surface area (Å²) in [7, 11) is 3.17. The van der Waals surface area contributed by atoms with E-state index in [9.17, 15) is 9.59 Å². The van der Waals surface area contributed by atoms with Gasteiger partial charge in [0.15, 0.2) is 5.17 Å². The SMILES string of the molecule is CCOC(=O)C1=C(C)N=C2SCC(=O)N2C1c1c(OC)ccc2ccc(OC)cc12. The van der Waals surface area contributed by atoms with Gasteiger partial charge in [0.25, 0.3) is 0 Å². The summed E-state index contributed by atoms with van der Waals surface area (Å²) in [6.45, 7) is 3.74. The van der Waals surface area contributed by atoms with Crippen molar-refractivity contribution in [2.45, 2.75) is 19.9 Å². The summed E-state index contributed by atoms with van der Waals surface area (Å²) in [4.78, 5) is 32.0. The van der Waals surface area contributed by atoms with Crippen LogP contribution < -0.4 is 9.47 Å². The molecule has 0 spiro atoms. The van der Waals surface area contributed by atoms with Crippen LogP contribution in [0.25, 0.3) is 10.8 Å². The summed E-state index contributed by atoms with van der Waals surface area (Å²) in [6.07, 6.45) is 0. The number of hydrogen-bond donors (Lipinski definition) is 0. The number of amidine groups is 1. The smallest absolute Gasteiger partial charge is 0.338 e. The van der Waals surface area contributed by atoms with Gasteiger partial charge >= 0.3 is 5.97 Å². The number of amides is 1. The maximum Gasteiger partial charge on any atom is 0.338 e. The summed E-state index contributed by atoms with van der Waals surface area (Å²) in [5.41, 5.74) is 1.58. The molecule has 2 aliphatic heterocycles. The van der Waals surface area contributed by atoms with E-state index in [0.717, 1.165) is 10.8 Å². The normalized spacial score (nSPS) is 18.4. The van der Waals surface area contributed by atoms with E-state index in [1.54, 1.807) is 33.0 Å². The maximum absolute atomic E-state index is 13.0.